The lowest BCUT2D eigenvalue weighted by molar-refractivity contribution is 0.101. The summed E-state index contributed by atoms with van der Waals surface area (Å²) in [6.07, 6.45) is 3.24. The number of carbonyl (C=O) groups excluding carboxylic acids is 1. The van der Waals surface area contributed by atoms with E-state index in [0.29, 0.717) is 5.56 Å². The first kappa shape index (κ1) is 16.9. The van der Waals surface area contributed by atoms with Crippen LogP contribution in [0.1, 0.15) is 21.6 Å². The van der Waals surface area contributed by atoms with Crippen LogP contribution in [0.15, 0.2) is 60.9 Å². The zero-order valence-electron chi connectivity index (χ0n) is 14.7. The highest BCUT2D eigenvalue weighted by Crippen LogP contribution is 2.25. The second-order valence-electron chi connectivity index (χ2n) is 6.26. The number of pyridine rings is 1. The largest absolute Gasteiger partial charge is 0.305 e. The Bertz CT molecular complexity index is 854. The lowest BCUT2D eigenvalue weighted by Gasteiger charge is -2.14. The summed E-state index contributed by atoms with van der Waals surface area (Å²) in [5.41, 5.74) is 7.83. The van der Waals surface area contributed by atoms with Crippen molar-refractivity contribution >= 4 is 5.91 Å². The molecule has 3 aromatic rings. The Hall–Kier alpha value is -2.92. The summed E-state index contributed by atoms with van der Waals surface area (Å²) in [7, 11) is 4.07. The number of rotatable bonds is 5. The number of hydrogen-bond donors (Lipinski definition) is 1. The maximum Gasteiger partial charge on any atom is 0.270 e. The molecule has 5 heteroatoms. The molecule has 0 spiro atoms. The fourth-order valence-electron chi connectivity index (χ4n) is 2.79. The number of aromatic nitrogens is 2. The predicted octanol–water partition coefficient (Wildman–Crippen LogP) is 3.30. The molecule has 25 heavy (non-hydrogen) atoms. The van der Waals surface area contributed by atoms with Gasteiger partial charge >= 0.3 is 0 Å². The standard InChI is InChI=1S/C20H22N4O/c1-15-18(14-23(2)3)13-19(16-7-5-4-6-8-16)24(15)22-20(25)17-9-11-21-12-10-17/h4-13H,14H2,1-3H3,(H,22,25). The monoisotopic (exact) mass is 334 g/mol. The van der Waals surface area contributed by atoms with E-state index in [4.69, 9.17) is 0 Å². The van der Waals surface area contributed by atoms with Crippen LogP contribution in [0.2, 0.25) is 0 Å². The van der Waals surface area contributed by atoms with Gasteiger partial charge in [0.2, 0.25) is 0 Å². The molecule has 128 valence electrons. The molecule has 1 aromatic carbocycles. The molecule has 0 unspecified atom stereocenters. The summed E-state index contributed by atoms with van der Waals surface area (Å²) in [6, 6.07) is 15.6. The number of nitrogens with one attached hydrogen (secondary N) is 1. The Morgan fingerprint density at radius 1 is 1.12 bits per heavy atom. The van der Waals surface area contributed by atoms with Crippen molar-refractivity contribution in [2.75, 3.05) is 19.5 Å². The zero-order valence-corrected chi connectivity index (χ0v) is 14.7. The SMILES string of the molecule is Cc1c(CN(C)C)cc(-c2ccccc2)n1NC(=O)c1ccncc1. The number of carbonyl (C=O) groups is 1. The molecule has 5 nitrogen and oxygen atoms in total. The molecule has 0 fully saturated rings. The maximum atomic E-state index is 12.6. The maximum absolute atomic E-state index is 12.6. The van der Waals surface area contributed by atoms with Crippen LogP contribution in [0, 0.1) is 6.92 Å². The van der Waals surface area contributed by atoms with Gasteiger partial charge in [0.15, 0.2) is 0 Å². The molecule has 0 saturated heterocycles. The van der Waals surface area contributed by atoms with Crippen molar-refractivity contribution in [2.24, 2.45) is 0 Å². The summed E-state index contributed by atoms with van der Waals surface area (Å²) in [6.45, 7) is 2.84. The molecule has 0 aliphatic heterocycles. The van der Waals surface area contributed by atoms with Crippen molar-refractivity contribution in [1.82, 2.24) is 14.6 Å². The summed E-state index contributed by atoms with van der Waals surface area (Å²) < 4.78 is 1.87. The van der Waals surface area contributed by atoms with Crippen molar-refractivity contribution in [1.29, 1.82) is 0 Å². The van der Waals surface area contributed by atoms with E-state index in [0.717, 1.165) is 23.5 Å². The number of amides is 1. The minimum Gasteiger partial charge on any atom is -0.305 e. The van der Waals surface area contributed by atoms with Crippen LogP contribution in [-0.4, -0.2) is 34.6 Å². The number of nitrogens with zero attached hydrogens (tertiary/aromatic N) is 3. The Morgan fingerprint density at radius 3 is 2.44 bits per heavy atom. The second-order valence-corrected chi connectivity index (χ2v) is 6.26. The summed E-state index contributed by atoms with van der Waals surface area (Å²) in [5, 5.41) is 0. The first-order valence-electron chi connectivity index (χ1n) is 8.19. The van der Waals surface area contributed by atoms with Crippen LogP contribution < -0.4 is 5.43 Å². The van der Waals surface area contributed by atoms with Gasteiger partial charge in [-0.2, -0.15) is 0 Å². The van der Waals surface area contributed by atoms with E-state index < -0.39 is 0 Å². The second kappa shape index (κ2) is 7.32. The topological polar surface area (TPSA) is 50.2 Å². The lowest BCUT2D eigenvalue weighted by atomic mass is 10.1. The van der Waals surface area contributed by atoms with Gasteiger partial charge < -0.3 is 4.90 Å². The van der Waals surface area contributed by atoms with E-state index in [1.54, 1.807) is 24.5 Å². The molecule has 2 heterocycles. The highest BCUT2D eigenvalue weighted by atomic mass is 16.2. The molecule has 3 rings (SSSR count). The van der Waals surface area contributed by atoms with Crippen molar-refractivity contribution in [3.63, 3.8) is 0 Å². The van der Waals surface area contributed by atoms with Crippen LogP contribution in [-0.2, 0) is 6.54 Å². The van der Waals surface area contributed by atoms with Crippen LogP contribution in [0.4, 0.5) is 0 Å². The van der Waals surface area contributed by atoms with Gasteiger partial charge in [-0.25, -0.2) is 0 Å². The van der Waals surface area contributed by atoms with Crippen LogP contribution in [0.25, 0.3) is 11.3 Å². The summed E-state index contributed by atoms with van der Waals surface area (Å²) in [5.74, 6) is -0.158. The van der Waals surface area contributed by atoms with E-state index in [1.165, 1.54) is 5.56 Å². The first-order chi connectivity index (χ1) is 12.1. The highest BCUT2D eigenvalue weighted by Gasteiger charge is 2.16. The highest BCUT2D eigenvalue weighted by molar-refractivity contribution is 6.00. The number of benzene rings is 1. The summed E-state index contributed by atoms with van der Waals surface area (Å²) in [4.78, 5) is 18.7. The van der Waals surface area contributed by atoms with Gasteiger partial charge in [0.25, 0.3) is 5.91 Å². The van der Waals surface area contributed by atoms with E-state index in [9.17, 15) is 4.79 Å². The normalized spacial score (nSPS) is 10.9. The van der Waals surface area contributed by atoms with Crippen molar-refractivity contribution in [2.45, 2.75) is 13.5 Å². The van der Waals surface area contributed by atoms with Crippen molar-refractivity contribution in [3.05, 3.63) is 77.7 Å². The number of hydrogen-bond acceptors (Lipinski definition) is 3. The molecule has 0 atom stereocenters. The quantitative estimate of drug-likeness (QED) is 0.779. The lowest BCUT2D eigenvalue weighted by Crippen LogP contribution is -2.25. The van der Waals surface area contributed by atoms with Crippen LogP contribution in [0.5, 0.6) is 0 Å². The average molecular weight is 334 g/mol. The third kappa shape index (κ3) is 3.78. The average Bonchev–Trinajstić information content (AvgIpc) is 2.92. The molecular formula is C20H22N4O. The van der Waals surface area contributed by atoms with E-state index in [-0.39, 0.29) is 5.91 Å². The molecule has 0 aliphatic rings. The minimum atomic E-state index is -0.158. The molecule has 1 N–H and O–H groups in total. The zero-order chi connectivity index (χ0) is 17.8. The summed E-state index contributed by atoms with van der Waals surface area (Å²) >= 11 is 0. The van der Waals surface area contributed by atoms with E-state index >= 15 is 0 Å². The van der Waals surface area contributed by atoms with Gasteiger partial charge in [0.1, 0.15) is 0 Å². The minimum absolute atomic E-state index is 0.158. The predicted molar refractivity (Wildman–Crippen MR) is 99.9 cm³/mol. The fraction of sp³-hybridized carbons (Fsp3) is 0.200. The van der Waals surface area contributed by atoms with Crippen molar-refractivity contribution < 1.29 is 4.79 Å². The molecule has 1 amide bonds. The third-order valence-corrected chi connectivity index (χ3v) is 4.06. The van der Waals surface area contributed by atoms with Crippen LogP contribution in [0.3, 0.4) is 0 Å². The van der Waals surface area contributed by atoms with E-state index in [2.05, 4.69) is 21.4 Å². The van der Waals surface area contributed by atoms with Gasteiger partial charge in [-0.1, -0.05) is 30.3 Å². The third-order valence-electron chi connectivity index (χ3n) is 4.06. The molecule has 0 saturated carbocycles. The van der Waals surface area contributed by atoms with E-state index in [1.807, 2.05) is 56.0 Å². The van der Waals surface area contributed by atoms with Crippen LogP contribution >= 0.6 is 0 Å². The van der Waals surface area contributed by atoms with Gasteiger partial charge in [-0.15, -0.1) is 0 Å². The molecular weight excluding hydrogens is 312 g/mol. The Morgan fingerprint density at radius 2 is 1.80 bits per heavy atom. The Labute approximate surface area is 147 Å². The Balaban J connectivity index is 2.01. The molecule has 0 bridgehead atoms. The first-order valence-corrected chi connectivity index (χ1v) is 8.19. The van der Waals surface area contributed by atoms with Gasteiger partial charge in [-0.05, 0) is 44.8 Å². The van der Waals surface area contributed by atoms with Gasteiger partial charge in [0.05, 0.1) is 5.69 Å². The molecule has 2 aromatic heterocycles. The van der Waals surface area contributed by atoms with Crippen molar-refractivity contribution in [3.8, 4) is 11.3 Å². The van der Waals surface area contributed by atoms with Gasteiger partial charge in [0, 0.05) is 35.8 Å². The molecule has 0 radical (unpaired) electrons. The molecule has 0 aliphatic carbocycles. The van der Waals surface area contributed by atoms with Gasteiger partial charge in [-0.3, -0.25) is 19.9 Å². The fourth-order valence-corrected chi connectivity index (χ4v) is 2.79. The smallest absolute Gasteiger partial charge is 0.270 e. The Kier molecular flexibility index (Phi) is 4.95.